The smallest absolute Gasteiger partial charge is 0.139 e. The first-order valence-corrected chi connectivity index (χ1v) is 5.86. The maximum atomic E-state index is 5.43. The number of benzene rings is 1. The van der Waals surface area contributed by atoms with Gasteiger partial charge in [0.25, 0.3) is 0 Å². The molecule has 0 aliphatic heterocycles. The molecule has 0 N–H and O–H groups in total. The minimum absolute atomic E-state index is 0.199. The first kappa shape index (κ1) is 10.8. The van der Waals surface area contributed by atoms with Gasteiger partial charge < -0.3 is 4.74 Å². The monoisotopic (exact) mass is 290 g/mol. The molecular weight excluding hydrogens is 275 g/mol. The lowest BCUT2D eigenvalue weighted by molar-refractivity contribution is 0.402. The van der Waals surface area contributed by atoms with Gasteiger partial charge in [0.15, 0.2) is 0 Å². The van der Waals surface area contributed by atoms with Gasteiger partial charge >= 0.3 is 0 Å². The average Bonchev–Trinajstić information content (AvgIpc) is 2.04. The molecule has 0 aliphatic rings. The van der Waals surface area contributed by atoms with E-state index in [1.165, 1.54) is 5.56 Å². The molecule has 0 spiro atoms. The fourth-order valence-electron chi connectivity index (χ4n) is 1.12. The quantitative estimate of drug-likeness (QED) is 0.595. The standard InChI is InChI=1S/C11H15IO/c1-11(2,3)9-5-4-6-10(7-9)13-8-12/h4-7H,8H2,1-3H3. The Balaban J connectivity index is 2.92. The second-order valence-corrected chi connectivity index (χ2v) is 4.65. The molecular formula is C11H15IO. The topological polar surface area (TPSA) is 9.23 Å². The van der Waals surface area contributed by atoms with Crippen molar-refractivity contribution in [3.05, 3.63) is 29.8 Å². The van der Waals surface area contributed by atoms with Crippen LogP contribution in [0.15, 0.2) is 24.3 Å². The fourth-order valence-corrected chi connectivity index (χ4v) is 1.47. The minimum Gasteiger partial charge on any atom is -0.483 e. The molecule has 0 fully saturated rings. The Kier molecular flexibility index (Phi) is 3.59. The largest absolute Gasteiger partial charge is 0.483 e. The molecule has 13 heavy (non-hydrogen) atoms. The van der Waals surface area contributed by atoms with Crippen LogP contribution in [0.25, 0.3) is 0 Å². The molecule has 0 amide bonds. The molecule has 1 rings (SSSR count). The van der Waals surface area contributed by atoms with E-state index in [4.69, 9.17) is 4.74 Å². The van der Waals surface area contributed by atoms with Crippen LogP contribution in [0.1, 0.15) is 26.3 Å². The first-order valence-electron chi connectivity index (χ1n) is 4.33. The van der Waals surface area contributed by atoms with Crippen molar-refractivity contribution in [2.24, 2.45) is 0 Å². The highest BCUT2D eigenvalue weighted by Gasteiger charge is 2.13. The number of hydrogen-bond acceptors (Lipinski definition) is 1. The van der Waals surface area contributed by atoms with E-state index in [2.05, 4.69) is 55.5 Å². The highest BCUT2D eigenvalue weighted by molar-refractivity contribution is 14.1. The third-order valence-corrected chi connectivity index (χ3v) is 2.23. The Hall–Kier alpha value is -0.250. The van der Waals surface area contributed by atoms with Crippen molar-refractivity contribution >= 4 is 22.6 Å². The van der Waals surface area contributed by atoms with Gasteiger partial charge in [-0.15, -0.1) is 0 Å². The minimum atomic E-state index is 0.199. The van der Waals surface area contributed by atoms with E-state index in [0.29, 0.717) is 4.61 Å². The number of rotatable bonds is 2. The van der Waals surface area contributed by atoms with E-state index < -0.39 is 0 Å². The van der Waals surface area contributed by atoms with Crippen LogP contribution in [-0.2, 0) is 5.41 Å². The van der Waals surface area contributed by atoms with E-state index in [1.54, 1.807) is 0 Å². The number of ether oxygens (including phenoxy) is 1. The molecule has 0 bridgehead atoms. The highest BCUT2D eigenvalue weighted by Crippen LogP contribution is 2.25. The predicted octanol–water partition coefficient (Wildman–Crippen LogP) is 3.76. The highest BCUT2D eigenvalue weighted by atomic mass is 127. The Morgan fingerprint density at radius 1 is 1.31 bits per heavy atom. The summed E-state index contributed by atoms with van der Waals surface area (Å²) in [5, 5.41) is 0. The molecule has 72 valence electrons. The van der Waals surface area contributed by atoms with E-state index >= 15 is 0 Å². The predicted molar refractivity (Wildman–Crippen MR) is 64.7 cm³/mol. The fraction of sp³-hybridized carbons (Fsp3) is 0.455. The summed E-state index contributed by atoms with van der Waals surface area (Å²) in [5.41, 5.74) is 1.51. The zero-order valence-electron chi connectivity index (χ0n) is 8.30. The first-order chi connectivity index (χ1) is 6.04. The zero-order valence-corrected chi connectivity index (χ0v) is 10.5. The van der Waals surface area contributed by atoms with E-state index in [9.17, 15) is 0 Å². The van der Waals surface area contributed by atoms with Crippen LogP contribution in [0.4, 0.5) is 0 Å². The molecule has 1 nitrogen and oxygen atoms in total. The van der Waals surface area contributed by atoms with Crippen LogP contribution in [0.3, 0.4) is 0 Å². The Bertz CT molecular complexity index is 276. The van der Waals surface area contributed by atoms with Crippen molar-refractivity contribution in [1.82, 2.24) is 0 Å². The summed E-state index contributed by atoms with van der Waals surface area (Å²) in [6.07, 6.45) is 0. The summed E-state index contributed by atoms with van der Waals surface area (Å²) >= 11 is 2.20. The van der Waals surface area contributed by atoms with Gasteiger partial charge in [-0.2, -0.15) is 0 Å². The van der Waals surface area contributed by atoms with E-state index in [1.807, 2.05) is 12.1 Å². The normalized spacial score (nSPS) is 11.4. The third-order valence-electron chi connectivity index (χ3n) is 1.92. The Morgan fingerprint density at radius 2 is 2.00 bits per heavy atom. The summed E-state index contributed by atoms with van der Waals surface area (Å²) in [6.45, 7) is 6.61. The lowest BCUT2D eigenvalue weighted by Gasteiger charge is -2.19. The van der Waals surface area contributed by atoms with Crippen molar-refractivity contribution in [1.29, 1.82) is 0 Å². The molecule has 0 heterocycles. The van der Waals surface area contributed by atoms with Crippen molar-refractivity contribution in [3.63, 3.8) is 0 Å². The van der Waals surface area contributed by atoms with Crippen LogP contribution in [0.5, 0.6) is 5.75 Å². The van der Waals surface area contributed by atoms with E-state index in [-0.39, 0.29) is 5.41 Å². The second-order valence-electron chi connectivity index (χ2n) is 4.03. The molecule has 0 saturated heterocycles. The molecule has 0 saturated carbocycles. The maximum absolute atomic E-state index is 5.43. The SMILES string of the molecule is CC(C)(C)c1cccc(OCI)c1. The molecule has 2 heteroatoms. The summed E-state index contributed by atoms with van der Waals surface area (Å²) < 4.78 is 6.13. The van der Waals surface area contributed by atoms with Gasteiger partial charge in [-0.1, -0.05) is 32.9 Å². The van der Waals surface area contributed by atoms with Crippen LogP contribution in [-0.4, -0.2) is 4.61 Å². The van der Waals surface area contributed by atoms with Gasteiger partial charge in [0.1, 0.15) is 10.4 Å². The van der Waals surface area contributed by atoms with Gasteiger partial charge in [-0.05, 0) is 45.7 Å². The van der Waals surface area contributed by atoms with E-state index in [0.717, 1.165) is 5.75 Å². The van der Waals surface area contributed by atoms with Crippen molar-refractivity contribution in [2.45, 2.75) is 26.2 Å². The van der Waals surface area contributed by atoms with Crippen molar-refractivity contribution < 1.29 is 4.74 Å². The van der Waals surface area contributed by atoms with Crippen molar-refractivity contribution in [3.8, 4) is 5.75 Å². The van der Waals surface area contributed by atoms with Crippen LogP contribution in [0.2, 0.25) is 0 Å². The molecule has 1 aromatic carbocycles. The van der Waals surface area contributed by atoms with Crippen LogP contribution < -0.4 is 4.74 Å². The van der Waals surface area contributed by atoms with Gasteiger partial charge in [0.2, 0.25) is 0 Å². The maximum Gasteiger partial charge on any atom is 0.139 e. The van der Waals surface area contributed by atoms with Crippen molar-refractivity contribution in [2.75, 3.05) is 4.61 Å². The lowest BCUT2D eigenvalue weighted by Crippen LogP contribution is -2.10. The molecule has 0 aromatic heterocycles. The third kappa shape index (κ3) is 3.18. The lowest BCUT2D eigenvalue weighted by atomic mass is 9.87. The van der Waals surface area contributed by atoms with Crippen LogP contribution >= 0.6 is 22.6 Å². The summed E-state index contributed by atoms with van der Waals surface area (Å²) in [6, 6.07) is 8.29. The number of hydrogen-bond donors (Lipinski definition) is 0. The Labute approximate surface area is 93.6 Å². The van der Waals surface area contributed by atoms with Crippen LogP contribution in [0, 0.1) is 0 Å². The summed E-state index contributed by atoms with van der Waals surface area (Å²) in [5.74, 6) is 0.960. The molecule has 1 aromatic rings. The number of alkyl halides is 1. The van der Waals surface area contributed by atoms with Gasteiger partial charge in [-0.3, -0.25) is 0 Å². The second kappa shape index (κ2) is 4.31. The molecule has 0 unspecified atom stereocenters. The molecule has 0 radical (unpaired) electrons. The molecule has 0 aliphatic carbocycles. The molecule has 0 atom stereocenters. The van der Waals surface area contributed by atoms with Gasteiger partial charge in [0, 0.05) is 0 Å². The summed E-state index contributed by atoms with van der Waals surface area (Å²) in [7, 11) is 0. The number of halogens is 1. The zero-order chi connectivity index (χ0) is 9.90. The summed E-state index contributed by atoms with van der Waals surface area (Å²) in [4.78, 5) is 0. The average molecular weight is 290 g/mol. The van der Waals surface area contributed by atoms with Gasteiger partial charge in [0.05, 0.1) is 0 Å². The Morgan fingerprint density at radius 3 is 2.54 bits per heavy atom. The van der Waals surface area contributed by atoms with Gasteiger partial charge in [-0.25, -0.2) is 0 Å².